The molecule has 2 aliphatic rings. The van der Waals surface area contributed by atoms with Crippen molar-refractivity contribution in [1.29, 1.82) is 0 Å². The Hall–Kier alpha value is -4.32. The van der Waals surface area contributed by atoms with Crippen molar-refractivity contribution in [3.8, 4) is 0 Å². The van der Waals surface area contributed by atoms with Crippen molar-refractivity contribution in [2.45, 2.75) is 48.5 Å². The molecular formula is C33H28N2O4. The molecule has 2 aliphatic heterocycles. The van der Waals surface area contributed by atoms with Crippen LogP contribution in [-0.4, -0.2) is 47.5 Å². The third kappa shape index (κ3) is 2.36. The predicted octanol–water partition coefficient (Wildman–Crippen LogP) is 6.35. The molecular weight excluding hydrogens is 488 g/mol. The van der Waals surface area contributed by atoms with Crippen LogP contribution in [0, 0.1) is 48.5 Å². The fourth-order valence-corrected chi connectivity index (χ4v) is 7.42. The van der Waals surface area contributed by atoms with Crippen LogP contribution in [0.4, 0.5) is 0 Å². The van der Waals surface area contributed by atoms with E-state index in [-0.39, 0.29) is 23.6 Å². The lowest BCUT2D eigenvalue weighted by atomic mass is 9.74. The van der Waals surface area contributed by atoms with E-state index in [0.29, 0.717) is 22.3 Å². The highest BCUT2D eigenvalue weighted by atomic mass is 16.2. The van der Waals surface area contributed by atoms with Crippen LogP contribution in [0.5, 0.6) is 0 Å². The maximum atomic E-state index is 13.6. The van der Waals surface area contributed by atoms with E-state index in [1.807, 2.05) is 48.5 Å². The van der Waals surface area contributed by atoms with Gasteiger partial charge in [0.1, 0.15) is 0 Å². The molecule has 0 saturated heterocycles. The second-order valence-electron chi connectivity index (χ2n) is 11.5. The number of hydrogen-bond donors (Lipinski definition) is 0. The lowest BCUT2D eigenvalue weighted by Crippen LogP contribution is -2.38. The van der Waals surface area contributed by atoms with E-state index in [9.17, 15) is 19.2 Å². The Kier molecular flexibility index (Phi) is 4.27. The Bertz CT molecular complexity index is 2110. The summed E-state index contributed by atoms with van der Waals surface area (Å²) in [4.78, 5) is 56.7. The molecule has 4 amide bonds. The molecule has 0 N–H and O–H groups in total. The standard InChI is InChI=1S/C33H28N2O4/c1-11-10-18-20-12(2)15(5)24-29-25(33(39)35(9)32(24)38)17(7)14(4)22(28(20)29)21-13(3)16(6)23-27(26(18)21)19(11)30(36)34(8)31(23)37/h10H,1-9H3. The van der Waals surface area contributed by atoms with Crippen LogP contribution in [0.3, 0.4) is 0 Å². The van der Waals surface area contributed by atoms with Gasteiger partial charge in [-0.05, 0) is 126 Å². The number of amides is 4. The Labute approximate surface area is 225 Å². The maximum absolute atomic E-state index is 13.6. The predicted molar refractivity (Wildman–Crippen MR) is 154 cm³/mol. The summed E-state index contributed by atoms with van der Waals surface area (Å²) in [6.07, 6.45) is 0. The third-order valence-corrected chi connectivity index (χ3v) is 9.81. The Morgan fingerprint density at radius 2 is 0.769 bits per heavy atom. The maximum Gasteiger partial charge on any atom is 0.261 e. The molecule has 0 fully saturated rings. The first-order valence-corrected chi connectivity index (χ1v) is 13.2. The van der Waals surface area contributed by atoms with Gasteiger partial charge in [-0.15, -0.1) is 0 Å². The van der Waals surface area contributed by atoms with Gasteiger partial charge < -0.3 is 0 Å². The van der Waals surface area contributed by atoms with Gasteiger partial charge in [-0.25, -0.2) is 0 Å². The van der Waals surface area contributed by atoms with Gasteiger partial charge >= 0.3 is 0 Å². The molecule has 0 unspecified atom stereocenters. The van der Waals surface area contributed by atoms with Crippen molar-refractivity contribution >= 4 is 66.7 Å². The van der Waals surface area contributed by atoms with Gasteiger partial charge in [0.2, 0.25) is 0 Å². The van der Waals surface area contributed by atoms with Gasteiger partial charge in [0, 0.05) is 24.9 Å². The van der Waals surface area contributed by atoms with E-state index in [1.165, 1.54) is 9.80 Å². The smallest absolute Gasteiger partial charge is 0.261 e. The van der Waals surface area contributed by atoms with Crippen LogP contribution in [0.2, 0.25) is 0 Å². The van der Waals surface area contributed by atoms with E-state index in [4.69, 9.17) is 0 Å². The van der Waals surface area contributed by atoms with Crippen LogP contribution >= 0.6 is 0 Å². The van der Waals surface area contributed by atoms with Gasteiger partial charge in [0.05, 0.1) is 22.3 Å². The summed E-state index contributed by atoms with van der Waals surface area (Å²) in [5.74, 6) is -1.14. The van der Waals surface area contributed by atoms with Gasteiger partial charge in [-0.3, -0.25) is 29.0 Å². The minimum absolute atomic E-state index is 0.284. The molecule has 39 heavy (non-hydrogen) atoms. The van der Waals surface area contributed by atoms with Crippen LogP contribution in [0.25, 0.3) is 43.1 Å². The van der Waals surface area contributed by atoms with Crippen LogP contribution < -0.4 is 0 Å². The zero-order valence-electron chi connectivity index (χ0n) is 23.6. The second-order valence-corrected chi connectivity index (χ2v) is 11.5. The average Bonchev–Trinajstić information content (AvgIpc) is 2.89. The zero-order chi connectivity index (χ0) is 28.1. The number of imide groups is 2. The van der Waals surface area contributed by atoms with Crippen molar-refractivity contribution < 1.29 is 19.2 Å². The number of rotatable bonds is 0. The molecule has 5 aromatic carbocycles. The lowest BCUT2D eigenvalue weighted by molar-refractivity contribution is 0.0634. The van der Waals surface area contributed by atoms with Crippen molar-refractivity contribution in [3.05, 3.63) is 67.3 Å². The minimum atomic E-state index is -0.290. The number of fused-ring (bicyclic) bond motifs is 2. The van der Waals surface area contributed by atoms with Crippen molar-refractivity contribution in [2.24, 2.45) is 0 Å². The fourth-order valence-electron chi connectivity index (χ4n) is 7.42. The van der Waals surface area contributed by atoms with Gasteiger partial charge in [0.25, 0.3) is 23.6 Å². The number of carbonyl (C=O) groups excluding carboxylic acids is 4. The monoisotopic (exact) mass is 516 g/mol. The fraction of sp³-hybridized carbons (Fsp3) is 0.273. The van der Waals surface area contributed by atoms with Crippen LogP contribution in [0.1, 0.15) is 80.4 Å². The summed E-state index contributed by atoms with van der Waals surface area (Å²) >= 11 is 0. The third-order valence-electron chi connectivity index (χ3n) is 9.81. The van der Waals surface area contributed by atoms with Crippen LogP contribution in [-0.2, 0) is 0 Å². The molecule has 0 aromatic heterocycles. The number of nitrogens with zero attached hydrogens (tertiary/aromatic N) is 2. The summed E-state index contributed by atoms with van der Waals surface area (Å²) in [6.45, 7) is 13.9. The highest BCUT2D eigenvalue weighted by Crippen LogP contribution is 2.52. The Balaban J connectivity index is 1.95. The van der Waals surface area contributed by atoms with Gasteiger partial charge in [-0.1, -0.05) is 0 Å². The molecule has 0 atom stereocenters. The summed E-state index contributed by atoms with van der Waals surface area (Å²) in [5.41, 5.74) is 8.57. The zero-order valence-corrected chi connectivity index (χ0v) is 23.6. The van der Waals surface area contributed by atoms with E-state index >= 15 is 0 Å². The number of benzene rings is 5. The number of hydrogen-bond acceptors (Lipinski definition) is 4. The number of aryl methyl sites for hydroxylation is 4. The molecule has 0 radical (unpaired) electrons. The molecule has 7 rings (SSSR count). The molecule has 194 valence electrons. The first kappa shape index (κ1) is 23.8. The SMILES string of the molecule is Cc1cc2c3c(C)c(C)c4c5c(c(C)c(C)c(c6c(C)c(C)c7c(c1C(=O)N(C)C7=O)c26)c53)C(=O)N(C)C4=O. The molecule has 6 nitrogen and oxygen atoms in total. The highest BCUT2D eigenvalue weighted by Gasteiger charge is 2.39. The van der Waals surface area contributed by atoms with E-state index < -0.39 is 0 Å². The van der Waals surface area contributed by atoms with E-state index in [0.717, 1.165) is 82.0 Å². The Morgan fingerprint density at radius 1 is 0.410 bits per heavy atom. The molecule has 0 spiro atoms. The van der Waals surface area contributed by atoms with E-state index in [2.05, 4.69) is 6.07 Å². The summed E-state index contributed by atoms with van der Waals surface area (Å²) in [6, 6.07) is 2.06. The van der Waals surface area contributed by atoms with Crippen molar-refractivity contribution in [3.63, 3.8) is 0 Å². The first-order chi connectivity index (χ1) is 18.3. The first-order valence-electron chi connectivity index (χ1n) is 13.2. The lowest BCUT2D eigenvalue weighted by Gasteiger charge is -2.33. The topological polar surface area (TPSA) is 74.8 Å². The summed E-state index contributed by atoms with van der Waals surface area (Å²) < 4.78 is 0. The molecule has 2 heterocycles. The summed E-state index contributed by atoms with van der Waals surface area (Å²) in [7, 11) is 3.10. The second kappa shape index (κ2) is 7.00. The highest BCUT2D eigenvalue weighted by molar-refractivity contribution is 6.43. The molecule has 0 aliphatic carbocycles. The van der Waals surface area contributed by atoms with Crippen molar-refractivity contribution in [1.82, 2.24) is 9.80 Å². The average molecular weight is 517 g/mol. The quantitative estimate of drug-likeness (QED) is 0.137. The molecule has 0 saturated carbocycles. The molecule has 6 heteroatoms. The molecule has 5 aromatic rings. The largest absolute Gasteiger partial charge is 0.277 e. The normalized spacial score (nSPS) is 15.4. The minimum Gasteiger partial charge on any atom is -0.277 e. The van der Waals surface area contributed by atoms with Gasteiger partial charge in [0.15, 0.2) is 0 Å². The van der Waals surface area contributed by atoms with Crippen molar-refractivity contribution in [2.75, 3.05) is 14.1 Å². The number of carbonyl (C=O) groups is 4. The Morgan fingerprint density at radius 3 is 1.23 bits per heavy atom. The van der Waals surface area contributed by atoms with Crippen LogP contribution in [0.15, 0.2) is 6.07 Å². The van der Waals surface area contributed by atoms with Gasteiger partial charge in [-0.2, -0.15) is 0 Å². The molecule has 0 bridgehead atoms. The summed E-state index contributed by atoms with van der Waals surface area (Å²) in [5, 5.41) is 7.17. The van der Waals surface area contributed by atoms with E-state index in [1.54, 1.807) is 14.1 Å².